The normalized spacial score (nSPS) is 18.8. The number of rotatable bonds is 5. The molecule has 0 spiro atoms. The van der Waals surface area contributed by atoms with E-state index in [9.17, 15) is 4.79 Å². The molecule has 1 unspecified atom stereocenters. The molecular weight excluding hydrogens is 350 g/mol. The van der Waals surface area contributed by atoms with Crippen LogP contribution in [0.1, 0.15) is 59.5 Å². The van der Waals surface area contributed by atoms with Crippen molar-refractivity contribution in [2.24, 2.45) is 5.92 Å². The van der Waals surface area contributed by atoms with Crippen LogP contribution in [-0.4, -0.2) is 34.0 Å². The largest absolute Gasteiger partial charge is 0.343 e. The van der Waals surface area contributed by atoms with Crippen molar-refractivity contribution >= 4 is 18.3 Å². The van der Waals surface area contributed by atoms with E-state index in [1.807, 2.05) is 29.8 Å². The SMILES string of the molecule is Cc1c(C(=O)NC(c2ccccc2)C2CC2)nnn1C1CCNCC1.Cl. The minimum Gasteiger partial charge on any atom is -0.343 e. The summed E-state index contributed by atoms with van der Waals surface area (Å²) in [7, 11) is 0. The van der Waals surface area contributed by atoms with Gasteiger partial charge in [-0.2, -0.15) is 0 Å². The third-order valence-electron chi connectivity index (χ3n) is 5.34. The lowest BCUT2D eigenvalue weighted by atomic mass is 10.0. The van der Waals surface area contributed by atoms with Gasteiger partial charge in [-0.15, -0.1) is 17.5 Å². The summed E-state index contributed by atoms with van der Waals surface area (Å²) >= 11 is 0. The first-order valence-corrected chi connectivity index (χ1v) is 9.22. The topological polar surface area (TPSA) is 71.8 Å². The molecule has 0 bridgehead atoms. The average molecular weight is 376 g/mol. The molecule has 2 aromatic rings. The Morgan fingerprint density at radius 2 is 1.88 bits per heavy atom. The highest BCUT2D eigenvalue weighted by molar-refractivity contribution is 5.93. The molecule has 1 amide bonds. The maximum absolute atomic E-state index is 12.8. The number of benzene rings is 1. The van der Waals surface area contributed by atoms with Crippen LogP contribution in [0, 0.1) is 12.8 Å². The van der Waals surface area contributed by atoms with E-state index in [1.165, 1.54) is 18.4 Å². The molecule has 0 radical (unpaired) electrons. The van der Waals surface area contributed by atoms with Gasteiger partial charge in [0.15, 0.2) is 5.69 Å². The Bertz CT molecular complexity index is 738. The van der Waals surface area contributed by atoms with Gasteiger partial charge in [-0.05, 0) is 57.2 Å². The van der Waals surface area contributed by atoms with Gasteiger partial charge in [0.1, 0.15) is 0 Å². The number of hydrogen-bond donors (Lipinski definition) is 2. The number of piperidine rings is 1. The van der Waals surface area contributed by atoms with Crippen molar-refractivity contribution in [1.82, 2.24) is 25.6 Å². The zero-order valence-electron chi connectivity index (χ0n) is 15.0. The summed E-state index contributed by atoms with van der Waals surface area (Å²) in [6, 6.07) is 10.6. The zero-order valence-corrected chi connectivity index (χ0v) is 15.8. The fraction of sp³-hybridized carbons (Fsp3) is 0.526. The number of nitrogens with zero attached hydrogens (tertiary/aromatic N) is 3. The fourth-order valence-electron chi connectivity index (χ4n) is 3.72. The molecule has 140 valence electrons. The molecule has 7 heteroatoms. The summed E-state index contributed by atoms with van der Waals surface area (Å²) in [6.45, 7) is 3.93. The van der Waals surface area contributed by atoms with Gasteiger partial charge in [0.25, 0.3) is 5.91 Å². The number of nitrogens with one attached hydrogen (secondary N) is 2. The van der Waals surface area contributed by atoms with Crippen LogP contribution < -0.4 is 10.6 Å². The molecule has 2 N–H and O–H groups in total. The fourth-order valence-corrected chi connectivity index (χ4v) is 3.72. The molecule has 4 rings (SSSR count). The predicted molar refractivity (Wildman–Crippen MR) is 103 cm³/mol. The van der Waals surface area contributed by atoms with E-state index in [2.05, 4.69) is 33.1 Å². The summed E-state index contributed by atoms with van der Waals surface area (Å²) in [4.78, 5) is 12.8. The van der Waals surface area contributed by atoms with Crippen LogP contribution in [0.3, 0.4) is 0 Å². The van der Waals surface area contributed by atoms with Gasteiger partial charge in [-0.25, -0.2) is 4.68 Å². The second kappa shape index (κ2) is 8.18. The quantitative estimate of drug-likeness (QED) is 0.842. The van der Waals surface area contributed by atoms with E-state index in [0.29, 0.717) is 17.7 Å². The second-order valence-corrected chi connectivity index (χ2v) is 7.15. The number of aromatic nitrogens is 3. The van der Waals surface area contributed by atoms with Crippen molar-refractivity contribution in [2.75, 3.05) is 13.1 Å². The third kappa shape index (κ3) is 3.91. The van der Waals surface area contributed by atoms with Crippen molar-refractivity contribution in [3.05, 3.63) is 47.3 Å². The molecular formula is C19H26ClN5O. The Labute approximate surface area is 160 Å². The first kappa shape index (κ1) is 18.9. The second-order valence-electron chi connectivity index (χ2n) is 7.15. The molecule has 1 saturated carbocycles. The van der Waals surface area contributed by atoms with Crippen LogP contribution in [-0.2, 0) is 0 Å². The van der Waals surface area contributed by atoms with Crippen LogP contribution in [0.5, 0.6) is 0 Å². The Hall–Kier alpha value is -1.92. The minimum atomic E-state index is -0.113. The molecule has 2 heterocycles. The Morgan fingerprint density at radius 1 is 1.19 bits per heavy atom. The van der Waals surface area contributed by atoms with Crippen LogP contribution >= 0.6 is 12.4 Å². The van der Waals surface area contributed by atoms with E-state index < -0.39 is 0 Å². The first-order valence-electron chi connectivity index (χ1n) is 9.22. The summed E-state index contributed by atoms with van der Waals surface area (Å²) in [5.74, 6) is 0.421. The molecule has 2 fully saturated rings. The number of carbonyl (C=O) groups excluding carboxylic acids is 1. The van der Waals surface area contributed by atoms with Gasteiger partial charge >= 0.3 is 0 Å². The summed E-state index contributed by atoms with van der Waals surface area (Å²) < 4.78 is 1.93. The highest BCUT2D eigenvalue weighted by Gasteiger charge is 2.34. The summed E-state index contributed by atoms with van der Waals surface area (Å²) in [6.07, 6.45) is 4.39. The van der Waals surface area contributed by atoms with Gasteiger partial charge < -0.3 is 10.6 Å². The van der Waals surface area contributed by atoms with Crippen LogP contribution in [0.2, 0.25) is 0 Å². The lowest BCUT2D eigenvalue weighted by molar-refractivity contribution is 0.0926. The Kier molecular flexibility index (Phi) is 5.94. The highest BCUT2D eigenvalue weighted by Crippen LogP contribution is 2.41. The van der Waals surface area contributed by atoms with E-state index in [0.717, 1.165) is 31.6 Å². The third-order valence-corrected chi connectivity index (χ3v) is 5.34. The van der Waals surface area contributed by atoms with Crippen molar-refractivity contribution in [1.29, 1.82) is 0 Å². The van der Waals surface area contributed by atoms with E-state index in [4.69, 9.17) is 0 Å². The molecule has 2 aliphatic rings. The average Bonchev–Trinajstić information content (AvgIpc) is 3.42. The molecule has 6 nitrogen and oxygen atoms in total. The van der Waals surface area contributed by atoms with Crippen molar-refractivity contribution in [3.8, 4) is 0 Å². The van der Waals surface area contributed by atoms with Crippen molar-refractivity contribution in [2.45, 2.75) is 44.7 Å². The standard InChI is InChI=1S/C19H25N5O.ClH/c1-13-17(22-23-24(13)16-9-11-20-12-10-16)19(25)21-18(15-7-8-15)14-5-3-2-4-6-14;/h2-6,15-16,18,20H,7-12H2,1H3,(H,21,25);1H. The van der Waals surface area contributed by atoms with Gasteiger partial charge in [-0.3, -0.25) is 4.79 Å². The molecule has 1 saturated heterocycles. The smallest absolute Gasteiger partial charge is 0.274 e. The molecule has 1 aliphatic carbocycles. The number of amides is 1. The van der Waals surface area contributed by atoms with E-state index >= 15 is 0 Å². The van der Waals surface area contributed by atoms with Crippen molar-refractivity contribution < 1.29 is 4.79 Å². The monoisotopic (exact) mass is 375 g/mol. The molecule has 26 heavy (non-hydrogen) atoms. The van der Waals surface area contributed by atoms with E-state index in [1.54, 1.807) is 0 Å². The van der Waals surface area contributed by atoms with E-state index in [-0.39, 0.29) is 24.4 Å². The maximum Gasteiger partial charge on any atom is 0.274 e. The lowest BCUT2D eigenvalue weighted by Crippen LogP contribution is -2.31. The Balaban J connectivity index is 0.00000196. The maximum atomic E-state index is 12.8. The number of halogens is 1. The van der Waals surface area contributed by atoms with Crippen LogP contribution in [0.15, 0.2) is 30.3 Å². The van der Waals surface area contributed by atoms with Gasteiger partial charge in [0, 0.05) is 0 Å². The first-order chi connectivity index (χ1) is 12.2. The predicted octanol–water partition coefficient (Wildman–Crippen LogP) is 2.81. The molecule has 1 aromatic carbocycles. The number of carbonyl (C=O) groups is 1. The lowest BCUT2D eigenvalue weighted by Gasteiger charge is -2.23. The molecule has 1 atom stereocenters. The summed E-state index contributed by atoms with van der Waals surface area (Å²) in [5.41, 5.74) is 2.49. The zero-order chi connectivity index (χ0) is 17.2. The number of hydrogen-bond acceptors (Lipinski definition) is 4. The van der Waals surface area contributed by atoms with Crippen LogP contribution in [0.25, 0.3) is 0 Å². The highest BCUT2D eigenvalue weighted by atomic mass is 35.5. The van der Waals surface area contributed by atoms with Gasteiger partial charge in [-0.1, -0.05) is 35.5 Å². The molecule has 1 aromatic heterocycles. The molecule has 1 aliphatic heterocycles. The minimum absolute atomic E-state index is 0. The van der Waals surface area contributed by atoms with Crippen LogP contribution in [0.4, 0.5) is 0 Å². The van der Waals surface area contributed by atoms with Gasteiger partial charge in [0.2, 0.25) is 0 Å². The Morgan fingerprint density at radius 3 is 2.54 bits per heavy atom. The van der Waals surface area contributed by atoms with Crippen molar-refractivity contribution in [3.63, 3.8) is 0 Å². The van der Waals surface area contributed by atoms with Gasteiger partial charge in [0.05, 0.1) is 17.8 Å². The summed E-state index contributed by atoms with van der Waals surface area (Å²) in [5, 5.41) is 15.0.